The van der Waals surface area contributed by atoms with Crippen molar-refractivity contribution in [1.29, 1.82) is 0 Å². The van der Waals surface area contributed by atoms with Gasteiger partial charge >= 0.3 is 0 Å². The van der Waals surface area contributed by atoms with Crippen LogP contribution in [-0.2, 0) is 4.74 Å². The Hall–Kier alpha value is 0.01000. The SMILES string of the molecule is OC[C@H]1OC(O)[C@H](O)[C@@H](O)[C@@H]1O.OCl. The van der Waals surface area contributed by atoms with Gasteiger partial charge in [-0.05, 0) is 0 Å². The topological polar surface area (TPSA) is 131 Å². The van der Waals surface area contributed by atoms with E-state index in [1.807, 2.05) is 0 Å². The van der Waals surface area contributed by atoms with E-state index in [1.54, 1.807) is 0 Å². The molecule has 0 aromatic rings. The van der Waals surface area contributed by atoms with Gasteiger partial charge < -0.3 is 30.3 Å². The van der Waals surface area contributed by atoms with Crippen molar-refractivity contribution in [2.45, 2.75) is 30.7 Å². The fraction of sp³-hybridized carbons (Fsp3) is 1.00. The summed E-state index contributed by atoms with van der Waals surface area (Å²) < 4.78 is 11.0. The van der Waals surface area contributed by atoms with E-state index in [0.717, 1.165) is 0 Å². The third-order valence-corrected chi connectivity index (χ3v) is 1.87. The monoisotopic (exact) mass is 232 g/mol. The van der Waals surface area contributed by atoms with Crippen LogP contribution in [-0.4, -0.2) is 67.5 Å². The van der Waals surface area contributed by atoms with Crippen LogP contribution in [0.1, 0.15) is 0 Å². The van der Waals surface area contributed by atoms with Gasteiger partial charge in [-0.3, -0.25) is 4.66 Å². The van der Waals surface area contributed by atoms with Gasteiger partial charge in [-0.15, -0.1) is 0 Å². The number of aliphatic hydroxyl groups excluding tert-OH is 5. The molecule has 0 amide bonds. The van der Waals surface area contributed by atoms with Crippen LogP contribution in [0.2, 0.25) is 0 Å². The molecule has 0 aromatic carbocycles. The van der Waals surface area contributed by atoms with Gasteiger partial charge in [-0.1, -0.05) is 0 Å². The van der Waals surface area contributed by atoms with Crippen molar-refractivity contribution in [3.8, 4) is 0 Å². The first-order chi connectivity index (χ1) is 6.57. The second-order valence-electron chi connectivity index (χ2n) is 2.72. The lowest BCUT2D eigenvalue weighted by molar-refractivity contribution is -0.286. The molecular formula is C6H13ClO7. The lowest BCUT2D eigenvalue weighted by atomic mass is 10.00. The number of ether oxygens (including phenoxy) is 1. The summed E-state index contributed by atoms with van der Waals surface area (Å²) in [6, 6.07) is 0. The number of aliphatic hydroxyl groups is 5. The van der Waals surface area contributed by atoms with Crippen molar-refractivity contribution >= 4 is 11.9 Å². The predicted octanol–water partition coefficient (Wildman–Crippen LogP) is -3.09. The average Bonchev–Trinajstić information content (AvgIpc) is 2.23. The Morgan fingerprint density at radius 3 is 1.86 bits per heavy atom. The first-order valence-electron chi connectivity index (χ1n) is 3.73. The fourth-order valence-electron chi connectivity index (χ4n) is 1.08. The van der Waals surface area contributed by atoms with E-state index >= 15 is 0 Å². The Bertz CT molecular complexity index is 152. The summed E-state index contributed by atoms with van der Waals surface area (Å²) >= 11 is 3.64. The van der Waals surface area contributed by atoms with Gasteiger partial charge in [0, 0.05) is 0 Å². The quantitative estimate of drug-likeness (QED) is 0.283. The van der Waals surface area contributed by atoms with Gasteiger partial charge in [0.1, 0.15) is 24.4 Å². The molecule has 0 aliphatic carbocycles. The summed E-state index contributed by atoms with van der Waals surface area (Å²) in [6.07, 6.45) is -7.04. The molecule has 1 heterocycles. The molecule has 0 aromatic heterocycles. The molecular weight excluding hydrogens is 220 g/mol. The molecule has 0 spiro atoms. The van der Waals surface area contributed by atoms with Crippen LogP contribution in [0.3, 0.4) is 0 Å². The maximum Gasteiger partial charge on any atom is 0.184 e. The molecule has 0 saturated carbocycles. The number of rotatable bonds is 1. The molecule has 8 heteroatoms. The summed E-state index contributed by atoms with van der Waals surface area (Å²) in [5, 5.41) is 44.7. The maximum absolute atomic E-state index is 9.12. The largest absolute Gasteiger partial charge is 0.394 e. The van der Waals surface area contributed by atoms with Crippen LogP contribution >= 0.6 is 11.9 Å². The van der Waals surface area contributed by atoms with E-state index in [2.05, 4.69) is 16.6 Å². The van der Waals surface area contributed by atoms with Crippen LogP contribution in [0.5, 0.6) is 0 Å². The van der Waals surface area contributed by atoms with Gasteiger partial charge in [0.25, 0.3) is 0 Å². The minimum atomic E-state index is -1.57. The highest BCUT2D eigenvalue weighted by atomic mass is 35.5. The van der Waals surface area contributed by atoms with Gasteiger partial charge in [0.05, 0.1) is 18.5 Å². The van der Waals surface area contributed by atoms with Gasteiger partial charge in [-0.25, -0.2) is 0 Å². The van der Waals surface area contributed by atoms with Crippen molar-refractivity contribution in [2.24, 2.45) is 0 Å². The van der Waals surface area contributed by atoms with Crippen LogP contribution < -0.4 is 0 Å². The molecule has 1 aliphatic rings. The summed E-state index contributed by atoms with van der Waals surface area (Å²) in [7, 11) is 0. The second kappa shape index (κ2) is 6.49. The van der Waals surface area contributed by atoms with Crippen LogP contribution in [0.25, 0.3) is 0 Å². The standard InChI is InChI=1S/C6H12O6.ClHO/c7-1-2-3(8)4(9)5(10)6(11)12-2;1-2/h2-11H,1H2;2H/t2-,3-,4+,5-,6?;/m1./s1. The van der Waals surface area contributed by atoms with E-state index in [0.29, 0.717) is 0 Å². The normalized spacial score (nSPS) is 42.6. The van der Waals surface area contributed by atoms with E-state index in [9.17, 15) is 0 Å². The first kappa shape index (κ1) is 14.0. The molecule has 0 bridgehead atoms. The maximum atomic E-state index is 9.12. The molecule has 6 N–H and O–H groups in total. The lowest BCUT2D eigenvalue weighted by Gasteiger charge is -2.37. The van der Waals surface area contributed by atoms with E-state index < -0.39 is 37.3 Å². The average molecular weight is 233 g/mol. The zero-order chi connectivity index (χ0) is 11.3. The molecule has 1 unspecified atom stereocenters. The second-order valence-corrected chi connectivity index (χ2v) is 2.72. The van der Waals surface area contributed by atoms with Gasteiger partial charge in [0.2, 0.25) is 0 Å². The van der Waals surface area contributed by atoms with Crippen LogP contribution in [0.15, 0.2) is 0 Å². The highest BCUT2D eigenvalue weighted by Gasteiger charge is 2.42. The van der Waals surface area contributed by atoms with Crippen molar-refractivity contribution in [3.63, 3.8) is 0 Å². The molecule has 5 atom stereocenters. The molecule has 86 valence electrons. The Kier molecular flexibility index (Phi) is 6.49. The number of hydrogen-bond donors (Lipinski definition) is 6. The van der Waals surface area contributed by atoms with Crippen molar-refractivity contribution < 1.29 is 34.9 Å². The Balaban J connectivity index is 0.000000791. The van der Waals surface area contributed by atoms with Gasteiger partial charge in [-0.2, -0.15) is 0 Å². The fourth-order valence-corrected chi connectivity index (χ4v) is 1.08. The zero-order valence-corrected chi connectivity index (χ0v) is 7.82. The molecule has 0 radical (unpaired) electrons. The van der Waals surface area contributed by atoms with Crippen molar-refractivity contribution in [1.82, 2.24) is 0 Å². The molecule has 1 fully saturated rings. The third kappa shape index (κ3) is 3.01. The first-order valence-corrected chi connectivity index (χ1v) is 4.07. The molecule has 1 saturated heterocycles. The summed E-state index contributed by atoms with van der Waals surface area (Å²) in [6.45, 7) is -0.526. The lowest BCUT2D eigenvalue weighted by Crippen LogP contribution is -2.58. The minimum Gasteiger partial charge on any atom is -0.394 e. The van der Waals surface area contributed by atoms with E-state index in [1.165, 1.54) is 0 Å². The summed E-state index contributed by atoms with van der Waals surface area (Å²) in [5.41, 5.74) is 0. The summed E-state index contributed by atoms with van der Waals surface area (Å²) in [5.74, 6) is 0. The number of halogens is 1. The summed E-state index contributed by atoms with van der Waals surface area (Å²) in [4.78, 5) is 0. The Morgan fingerprint density at radius 2 is 1.43 bits per heavy atom. The zero-order valence-electron chi connectivity index (χ0n) is 7.06. The molecule has 1 rings (SSSR count). The molecule has 7 nitrogen and oxygen atoms in total. The number of hydrogen-bond acceptors (Lipinski definition) is 7. The van der Waals surface area contributed by atoms with E-state index in [4.69, 9.17) is 30.2 Å². The van der Waals surface area contributed by atoms with Gasteiger partial charge in [0.15, 0.2) is 6.29 Å². The molecule has 1 aliphatic heterocycles. The smallest absolute Gasteiger partial charge is 0.184 e. The molecule has 14 heavy (non-hydrogen) atoms. The Morgan fingerprint density at radius 1 is 0.929 bits per heavy atom. The van der Waals surface area contributed by atoms with E-state index in [-0.39, 0.29) is 0 Å². The third-order valence-electron chi connectivity index (χ3n) is 1.87. The highest BCUT2D eigenvalue weighted by molar-refractivity contribution is 6.04. The Labute approximate surface area is 84.9 Å². The van der Waals surface area contributed by atoms with Crippen molar-refractivity contribution in [3.05, 3.63) is 0 Å². The van der Waals surface area contributed by atoms with Crippen LogP contribution in [0.4, 0.5) is 0 Å². The van der Waals surface area contributed by atoms with Crippen molar-refractivity contribution in [2.75, 3.05) is 6.61 Å². The predicted molar refractivity (Wildman–Crippen MR) is 44.1 cm³/mol. The highest BCUT2D eigenvalue weighted by Crippen LogP contribution is 2.18. The minimum absolute atomic E-state index is 0.526. The van der Waals surface area contributed by atoms with Crippen LogP contribution in [0, 0.1) is 0 Å².